The highest BCUT2D eigenvalue weighted by atomic mass is 32.1. The Hall–Kier alpha value is -1.86. The molecule has 0 unspecified atom stereocenters. The summed E-state index contributed by atoms with van der Waals surface area (Å²) in [6.07, 6.45) is 6.51. The van der Waals surface area contributed by atoms with Crippen molar-refractivity contribution in [3.8, 4) is 10.7 Å². The van der Waals surface area contributed by atoms with Crippen LogP contribution in [0, 0.1) is 0 Å². The molecule has 0 bridgehead atoms. The van der Waals surface area contributed by atoms with Crippen molar-refractivity contribution in [3.05, 3.63) is 29.7 Å². The number of thiazole rings is 1. The van der Waals surface area contributed by atoms with Crippen molar-refractivity contribution in [2.45, 2.75) is 0 Å². The minimum absolute atomic E-state index is 0.0501. The fourth-order valence-electron chi connectivity index (χ4n) is 1.92. The van der Waals surface area contributed by atoms with Crippen LogP contribution >= 0.6 is 11.3 Å². The van der Waals surface area contributed by atoms with Crippen LogP contribution in [0.25, 0.3) is 10.7 Å². The Bertz CT molecular complexity index is 565. The maximum Gasteiger partial charge on any atom is 0.265 e. The van der Waals surface area contributed by atoms with Gasteiger partial charge in [-0.25, -0.2) is 4.98 Å². The fraction of sp³-hybridized carbons (Fsp3) is 0.333. The third-order valence-electron chi connectivity index (χ3n) is 2.90. The Morgan fingerprint density at radius 1 is 1.21 bits per heavy atom. The molecule has 1 fully saturated rings. The first-order valence-corrected chi connectivity index (χ1v) is 6.88. The van der Waals surface area contributed by atoms with Gasteiger partial charge >= 0.3 is 0 Å². The molecular formula is C12H13N5OS. The van der Waals surface area contributed by atoms with Gasteiger partial charge in [0.1, 0.15) is 15.6 Å². The van der Waals surface area contributed by atoms with Gasteiger partial charge in [0, 0.05) is 38.6 Å². The average molecular weight is 275 g/mol. The van der Waals surface area contributed by atoms with Crippen LogP contribution in [0.2, 0.25) is 0 Å². The van der Waals surface area contributed by atoms with Crippen LogP contribution in [0.15, 0.2) is 24.8 Å². The second-order valence-electron chi connectivity index (χ2n) is 4.16. The van der Waals surface area contributed by atoms with Crippen molar-refractivity contribution in [2.75, 3.05) is 26.2 Å². The summed E-state index contributed by atoms with van der Waals surface area (Å²) in [5.41, 5.74) is 0.701. The molecule has 0 aromatic carbocycles. The molecule has 1 amide bonds. The third kappa shape index (κ3) is 2.61. The van der Waals surface area contributed by atoms with Gasteiger partial charge in [-0.1, -0.05) is 0 Å². The molecule has 98 valence electrons. The highest BCUT2D eigenvalue weighted by Gasteiger charge is 2.20. The molecule has 1 aliphatic rings. The van der Waals surface area contributed by atoms with Crippen molar-refractivity contribution in [1.82, 2.24) is 25.2 Å². The lowest BCUT2D eigenvalue weighted by Crippen LogP contribution is -2.46. The standard InChI is InChI=1S/C12H13N5OS/c18-12(17-5-3-13-4-6-17)10-8-16-11(19-10)9-7-14-1-2-15-9/h1-2,7-8,13H,3-6H2. The first-order chi connectivity index (χ1) is 9.34. The number of carbonyl (C=O) groups is 1. The maximum atomic E-state index is 12.3. The molecule has 7 heteroatoms. The predicted molar refractivity (Wildman–Crippen MR) is 71.9 cm³/mol. The summed E-state index contributed by atoms with van der Waals surface area (Å²) < 4.78 is 0. The summed E-state index contributed by atoms with van der Waals surface area (Å²) in [6, 6.07) is 0. The number of hydrogen-bond donors (Lipinski definition) is 1. The van der Waals surface area contributed by atoms with Gasteiger partial charge in [-0.05, 0) is 0 Å². The van der Waals surface area contributed by atoms with E-state index in [9.17, 15) is 4.79 Å². The van der Waals surface area contributed by atoms with Gasteiger partial charge < -0.3 is 10.2 Å². The van der Waals surface area contributed by atoms with E-state index in [0.29, 0.717) is 10.6 Å². The smallest absolute Gasteiger partial charge is 0.265 e. The van der Waals surface area contributed by atoms with Gasteiger partial charge in [0.05, 0.1) is 12.4 Å². The molecule has 1 saturated heterocycles. The number of aromatic nitrogens is 3. The summed E-state index contributed by atoms with van der Waals surface area (Å²) in [5.74, 6) is 0.0501. The van der Waals surface area contributed by atoms with Crippen molar-refractivity contribution in [1.29, 1.82) is 0 Å². The Morgan fingerprint density at radius 3 is 2.79 bits per heavy atom. The molecule has 0 saturated carbocycles. The first-order valence-electron chi connectivity index (χ1n) is 6.07. The number of amides is 1. The van der Waals surface area contributed by atoms with E-state index in [1.807, 2.05) is 4.90 Å². The minimum Gasteiger partial charge on any atom is -0.335 e. The van der Waals surface area contributed by atoms with Crippen molar-refractivity contribution >= 4 is 17.2 Å². The number of rotatable bonds is 2. The Morgan fingerprint density at radius 2 is 2.05 bits per heavy atom. The molecule has 0 radical (unpaired) electrons. The number of piperazine rings is 1. The van der Waals surface area contributed by atoms with Crippen LogP contribution < -0.4 is 5.32 Å². The van der Waals surface area contributed by atoms with Crippen LogP contribution in [-0.4, -0.2) is 51.9 Å². The van der Waals surface area contributed by atoms with E-state index < -0.39 is 0 Å². The summed E-state index contributed by atoms with van der Waals surface area (Å²) in [6.45, 7) is 3.19. The monoisotopic (exact) mass is 275 g/mol. The number of nitrogens with zero attached hydrogens (tertiary/aromatic N) is 4. The van der Waals surface area contributed by atoms with Crippen LogP contribution in [0.5, 0.6) is 0 Å². The zero-order valence-corrected chi connectivity index (χ0v) is 11.1. The van der Waals surface area contributed by atoms with Gasteiger partial charge in [0.15, 0.2) is 0 Å². The predicted octanol–water partition coefficient (Wildman–Crippen LogP) is 0.645. The van der Waals surface area contributed by atoms with E-state index in [1.54, 1.807) is 24.8 Å². The second-order valence-corrected chi connectivity index (χ2v) is 5.19. The van der Waals surface area contributed by atoms with E-state index in [1.165, 1.54) is 11.3 Å². The van der Waals surface area contributed by atoms with Crippen molar-refractivity contribution < 1.29 is 4.79 Å². The minimum atomic E-state index is 0.0501. The molecule has 0 atom stereocenters. The van der Waals surface area contributed by atoms with E-state index in [-0.39, 0.29) is 5.91 Å². The normalized spacial score (nSPS) is 15.5. The number of hydrogen-bond acceptors (Lipinski definition) is 6. The Kier molecular flexibility index (Phi) is 3.47. The highest BCUT2D eigenvalue weighted by molar-refractivity contribution is 7.16. The van der Waals surface area contributed by atoms with Crippen molar-refractivity contribution in [2.24, 2.45) is 0 Å². The second kappa shape index (κ2) is 5.41. The molecule has 6 nitrogen and oxygen atoms in total. The molecule has 3 rings (SSSR count). The Balaban J connectivity index is 1.79. The molecule has 19 heavy (non-hydrogen) atoms. The highest BCUT2D eigenvalue weighted by Crippen LogP contribution is 2.23. The summed E-state index contributed by atoms with van der Waals surface area (Å²) in [7, 11) is 0. The average Bonchev–Trinajstić information content (AvgIpc) is 2.98. The SMILES string of the molecule is O=C(c1cnc(-c2cnccn2)s1)N1CCNCC1. The maximum absolute atomic E-state index is 12.3. The summed E-state index contributed by atoms with van der Waals surface area (Å²) >= 11 is 1.36. The van der Waals surface area contributed by atoms with Gasteiger partial charge in [-0.15, -0.1) is 11.3 Å². The largest absolute Gasteiger partial charge is 0.335 e. The van der Waals surface area contributed by atoms with Crippen LogP contribution in [-0.2, 0) is 0 Å². The molecule has 2 aromatic heterocycles. The molecule has 1 aliphatic heterocycles. The molecule has 1 N–H and O–H groups in total. The molecule has 0 aliphatic carbocycles. The van der Waals surface area contributed by atoms with Crippen LogP contribution in [0.4, 0.5) is 0 Å². The van der Waals surface area contributed by atoms with Crippen LogP contribution in [0.3, 0.4) is 0 Å². The van der Waals surface area contributed by atoms with E-state index >= 15 is 0 Å². The summed E-state index contributed by atoms with van der Waals surface area (Å²) in [4.78, 5) is 27.2. The summed E-state index contributed by atoms with van der Waals surface area (Å²) in [5, 5.41) is 3.96. The lowest BCUT2D eigenvalue weighted by Gasteiger charge is -2.26. The lowest BCUT2D eigenvalue weighted by atomic mass is 10.3. The van der Waals surface area contributed by atoms with E-state index in [0.717, 1.165) is 31.2 Å². The van der Waals surface area contributed by atoms with E-state index in [4.69, 9.17) is 0 Å². The molecule has 2 aromatic rings. The topological polar surface area (TPSA) is 71.0 Å². The molecular weight excluding hydrogens is 262 g/mol. The van der Waals surface area contributed by atoms with E-state index in [2.05, 4.69) is 20.3 Å². The molecule has 3 heterocycles. The van der Waals surface area contributed by atoms with Gasteiger partial charge in [0.2, 0.25) is 0 Å². The van der Waals surface area contributed by atoms with Crippen LogP contribution in [0.1, 0.15) is 9.67 Å². The lowest BCUT2D eigenvalue weighted by molar-refractivity contribution is 0.0740. The first kappa shape index (κ1) is 12.2. The van der Waals surface area contributed by atoms with Crippen molar-refractivity contribution in [3.63, 3.8) is 0 Å². The number of nitrogens with one attached hydrogen (secondary N) is 1. The van der Waals surface area contributed by atoms with Gasteiger partial charge in [-0.3, -0.25) is 14.8 Å². The quantitative estimate of drug-likeness (QED) is 0.871. The van der Waals surface area contributed by atoms with Gasteiger partial charge in [0.25, 0.3) is 5.91 Å². The van der Waals surface area contributed by atoms with Gasteiger partial charge in [-0.2, -0.15) is 0 Å². The zero-order valence-electron chi connectivity index (χ0n) is 10.2. The molecule has 0 spiro atoms. The Labute approximate surface area is 114 Å². The zero-order chi connectivity index (χ0) is 13.1. The third-order valence-corrected chi connectivity index (χ3v) is 3.91. The number of carbonyl (C=O) groups excluding carboxylic acids is 1. The fourth-order valence-corrected chi connectivity index (χ4v) is 2.77.